The number of hydrogen-bond acceptors (Lipinski definition) is 1. The van der Waals surface area contributed by atoms with Crippen LogP contribution in [0.5, 0.6) is 0 Å². The highest BCUT2D eigenvalue weighted by Gasteiger charge is 2.03. The van der Waals surface area contributed by atoms with Crippen molar-refractivity contribution < 1.29 is 4.39 Å². The second-order valence-electron chi connectivity index (χ2n) is 5.00. The van der Waals surface area contributed by atoms with Gasteiger partial charge in [-0.1, -0.05) is 51.2 Å². The van der Waals surface area contributed by atoms with Crippen molar-refractivity contribution in [2.75, 3.05) is 6.54 Å². The Bertz CT molecular complexity index is 307. The summed E-state index contributed by atoms with van der Waals surface area (Å²) in [6.45, 7) is 5.42. The topological polar surface area (TPSA) is 12.0 Å². The van der Waals surface area contributed by atoms with Crippen LogP contribution in [0.3, 0.4) is 0 Å². The first-order chi connectivity index (χ1) is 8.74. The van der Waals surface area contributed by atoms with Crippen LogP contribution in [0, 0.1) is 5.82 Å². The molecule has 102 valence electrons. The lowest BCUT2D eigenvalue weighted by molar-refractivity contribution is 0.526. The Hall–Kier alpha value is -0.890. The van der Waals surface area contributed by atoms with Gasteiger partial charge in [0, 0.05) is 6.04 Å². The van der Waals surface area contributed by atoms with Gasteiger partial charge in [-0.25, -0.2) is 4.39 Å². The molecule has 0 saturated carbocycles. The van der Waals surface area contributed by atoms with Crippen molar-refractivity contribution in [2.45, 2.75) is 58.4 Å². The molecule has 0 saturated heterocycles. The standard InChI is InChI=1S/C16H26FN/c1-3-4-5-6-7-8-13-18-14(2)15-9-11-16(17)12-10-15/h9-12,14,18H,3-8,13H2,1-2H3. The SMILES string of the molecule is CCCCCCCCNC(C)c1ccc(F)cc1. The van der Waals surface area contributed by atoms with Gasteiger partial charge < -0.3 is 5.32 Å². The maximum Gasteiger partial charge on any atom is 0.123 e. The van der Waals surface area contributed by atoms with E-state index < -0.39 is 0 Å². The summed E-state index contributed by atoms with van der Waals surface area (Å²) in [5.41, 5.74) is 1.15. The molecule has 1 rings (SSSR count). The maximum absolute atomic E-state index is 12.8. The Labute approximate surface area is 111 Å². The van der Waals surface area contributed by atoms with Gasteiger partial charge in [0.05, 0.1) is 0 Å². The number of benzene rings is 1. The van der Waals surface area contributed by atoms with Crippen molar-refractivity contribution in [1.82, 2.24) is 5.32 Å². The Morgan fingerprint density at radius 2 is 1.61 bits per heavy atom. The van der Waals surface area contributed by atoms with Crippen molar-refractivity contribution in [1.29, 1.82) is 0 Å². The van der Waals surface area contributed by atoms with Gasteiger partial charge in [-0.2, -0.15) is 0 Å². The molecular weight excluding hydrogens is 225 g/mol. The lowest BCUT2D eigenvalue weighted by Gasteiger charge is -2.14. The van der Waals surface area contributed by atoms with Crippen LogP contribution >= 0.6 is 0 Å². The van der Waals surface area contributed by atoms with Gasteiger partial charge in [0.25, 0.3) is 0 Å². The largest absolute Gasteiger partial charge is 0.310 e. The second kappa shape index (κ2) is 9.09. The van der Waals surface area contributed by atoms with Gasteiger partial charge >= 0.3 is 0 Å². The zero-order valence-corrected chi connectivity index (χ0v) is 11.7. The molecule has 0 aromatic heterocycles. The molecule has 1 nitrogen and oxygen atoms in total. The van der Waals surface area contributed by atoms with E-state index in [9.17, 15) is 4.39 Å². The first-order valence-corrected chi connectivity index (χ1v) is 7.23. The number of rotatable bonds is 9. The smallest absolute Gasteiger partial charge is 0.123 e. The highest BCUT2D eigenvalue weighted by molar-refractivity contribution is 5.19. The summed E-state index contributed by atoms with van der Waals surface area (Å²) in [5.74, 6) is -0.165. The number of halogens is 1. The van der Waals surface area contributed by atoms with Gasteiger partial charge in [-0.15, -0.1) is 0 Å². The first-order valence-electron chi connectivity index (χ1n) is 7.23. The van der Waals surface area contributed by atoms with E-state index in [0.717, 1.165) is 12.1 Å². The number of nitrogens with one attached hydrogen (secondary N) is 1. The minimum atomic E-state index is -0.165. The molecule has 2 heteroatoms. The van der Waals surface area contributed by atoms with Crippen molar-refractivity contribution in [3.63, 3.8) is 0 Å². The molecule has 1 N–H and O–H groups in total. The van der Waals surface area contributed by atoms with Gasteiger partial charge in [0.2, 0.25) is 0 Å². The molecule has 0 heterocycles. The molecule has 1 unspecified atom stereocenters. The van der Waals surface area contributed by atoms with E-state index in [-0.39, 0.29) is 5.82 Å². The Kier molecular flexibility index (Phi) is 7.66. The van der Waals surface area contributed by atoms with E-state index in [1.165, 1.54) is 50.7 Å². The molecule has 0 aliphatic heterocycles. The fraction of sp³-hybridized carbons (Fsp3) is 0.625. The Balaban J connectivity index is 2.10. The Morgan fingerprint density at radius 1 is 1.00 bits per heavy atom. The summed E-state index contributed by atoms with van der Waals surface area (Å²) in [6.07, 6.45) is 7.92. The fourth-order valence-corrected chi connectivity index (χ4v) is 2.09. The van der Waals surface area contributed by atoms with E-state index in [2.05, 4.69) is 19.2 Å². The molecule has 0 bridgehead atoms. The normalized spacial score (nSPS) is 12.6. The highest BCUT2D eigenvalue weighted by Crippen LogP contribution is 2.13. The van der Waals surface area contributed by atoms with Crippen LogP contribution in [0.4, 0.5) is 4.39 Å². The molecule has 1 aromatic rings. The third-order valence-corrected chi connectivity index (χ3v) is 3.35. The van der Waals surface area contributed by atoms with Crippen molar-refractivity contribution >= 4 is 0 Å². The lowest BCUT2D eigenvalue weighted by Crippen LogP contribution is -2.19. The minimum Gasteiger partial charge on any atom is -0.310 e. The summed E-state index contributed by atoms with van der Waals surface area (Å²) >= 11 is 0. The third-order valence-electron chi connectivity index (χ3n) is 3.35. The molecule has 0 amide bonds. The molecule has 0 spiro atoms. The van der Waals surface area contributed by atoms with Crippen molar-refractivity contribution in [3.8, 4) is 0 Å². The summed E-state index contributed by atoms with van der Waals surface area (Å²) in [7, 11) is 0. The van der Waals surface area contributed by atoms with Crippen LogP contribution in [0.2, 0.25) is 0 Å². The van der Waals surface area contributed by atoms with Crippen LogP contribution in [-0.2, 0) is 0 Å². The van der Waals surface area contributed by atoms with Gasteiger partial charge in [0.1, 0.15) is 5.82 Å². The number of hydrogen-bond donors (Lipinski definition) is 1. The molecule has 0 fully saturated rings. The van der Waals surface area contributed by atoms with Crippen LogP contribution in [0.15, 0.2) is 24.3 Å². The summed E-state index contributed by atoms with van der Waals surface area (Å²) in [5, 5.41) is 3.49. The lowest BCUT2D eigenvalue weighted by atomic mass is 10.1. The molecule has 0 aliphatic rings. The average Bonchev–Trinajstić information content (AvgIpc) is 2.38. The average molecular weight is 251 g/mol. The molecule has 1 atom stereocenters. The van der Waals surface area contributed by atoms with Crippen LogP contribution < -0.4 is 5.32 Å². The zero-order valence-electron chi connectivity index (χ0n) is 11.7. The van der Waals surface area contributed by atoms with Crippen LogP contribution in [0.1, 0.15) is 64.0 Å². The number of unbranched alkanes of at least 4 members (excludes halogenated alkanes) is 5. The van der Waals surface area contributed by atoms with Crippen molar-refractivity contribution in [3.05, 3.63) is 35.6 Å². The summed E-state index contributed by atoms with van der Waals surface area (Å²) in [4.78, 5) is 0. The maximum atomic E-state index is 12.8. The fourth-order valence-electron chi connectivity index (χ4n) is 2.09. The Morgan fingerprint density at radius 3 is 2.28 bits per heavy atom. The van der Waals surface area contributed by atoms with Gasteiger partial charge in [-0.05, 0) is 37.6 Å². The second-order valence-corrected chi connectivity index (χ2v) is 5.00. The molecular formula is C16H26FN. The monoisotopic (exact) mass is 251 g/mol. The molecule has 18 heavy (non-hydrogen) atoms. The van der Waals surface area contributed by atoms with E-state index in [1.54, 1.807) is 0 Å². The van der Waals surface area contributed by atoms with Crippen molar-refractivity contribution in [2.24, 2.45) is 0 Å². The molecule has 1 aromatic carbocycles. The van der Waals surface area contributed by atoms with E-state index in [0.29, 0.717) is 6.04 Å². The summed E-state index contributed by atoms with van der Waals surface area (Å²) < 4.78 is 12.8. The first kappa shape index (κ1) is 15.2. The van der Waals surface area contributed by atoms with E-state index in [4.69, 9.17) is 0 Å². The van der Waals surface area contributed by atoms with E-state index >= 15 is 0 Å². The summed E-state index contributed by atoms with van der Waals surface area (Å²) in [6, 6.07) is 7.07. The highest BCUT2D eigenvalue weighted by atomic mass is 19.1. The predicted octanol–water partition coefficient (Wildman–Crippen LogP) is 4.84. The quantitative estimate of drug-likeness (QED) is 0.619. The van der Waals surface area contributed by atoms with E-state index in [1.807, 2.05) is 12.1 Å². The zero-order chi connectivity index (χ0) is 13.2. The molecule has 0 radical (unpaired) electrons. The van der Waals surface area contributed by atoms with Gasteiger partial charge in [-0.3, -0.25) is 0 Å². The third kappa shape index (κ3) is 6.15. The molecule has 0 aliphatic carbocycles. The minimum absolute atomic E-state index is 0.165. The van der Waals surface area contributed by atoms with Gasteiger partial charge in [0.15, 0.2) is 0 Å². The van der Waals surface area contributed by atoms with Crippen LogP contribution in [0.25, 0.3) is 0 Å². The predicted molar refractivity (Wildman–Crippen MR) is 76.2 cm³/mol. The van der Waals surface area contributed by atoms with Crippen LogP contribution in [-0.4, -0.2) is 6.54 Å².